The number of benzene rings is 1. The molecule has 0 radical (unpaired) electrons. The van der Waals surface area contributed by atoms with Gasteiger partial charge in [0.25, 0.3) is 0 Å². The average Bonchev–Trinajstić information content (AvgIpc) is 2.97. The van der Waals surface area contributed by atoms with Crippen LogP contribution >= 0.6 is 0 Å². The zero-order chi connectivity index (χ0) is 22.5. The predicted molar refractivity (Wildman–Crippen MR) is 118 cm³/mol. The lowest BCUT2D eigenvalue weighted by Crippen LogP contribution is -2.58. The maximum atomic E-state index is 13.4. The van der Waals surface area contributed by atoms with Gasteiger partial charge in [0.1, 0.15) is 11.9 Å². The summed E-state index contributed by atoms with van der Waals surface area (Å²) in [6, 6.07) is 5.27. The van der Waals surface area contributed by atoms with Crippen LogP contribution in [0.25, 0.3) is 5.57 Å². The van der Waals surface area contributed by atoms with Gasteiger partial charge in [0.2, 0.25) is 11.8 Å². The van der Waals surface area contributed by atoms with E-state index >= 15 is 0 Å². The first-order chi connectivity index (χ1) is 14.7. The van der Waals surface area contributed by atoms with Crippen LogP contribution in [0.4, 0.5) is 10.5 Å². The van der Waals surface area contributed by atoms with Crippen LogP contribution in [0.3, 0.4) is 0 Å². The van der Waals surface area contributed by atoms with Gasteiger partial charge in [-0.05, 0) is 64.3 Å². The van der Waals surface area contributed by atoms with Gasteiger partial charge < -0.3 is 10.1 Å². The molecular weight excluding hydrogens is 394 g/mol. The molecule has 0 aromatic heterocycles. The van der Waals surface area contributed by atoms with Crippen molar-refractivity contribution >= 4 is 29.1 Å². The summed E-state index contributed by atoms with van der Waals surface area (Å²) in [6.07, 6.45) is 4.79. The second-order valence-electron chi connectivity index (χ2n) is 9.37. The van der Waals surface area contributed by atoms with E-state index in [0.29, 0.717) is 0 Å². The fourth-order valence-electron chi connectivity index (χ4n) is 5.38. The van der Waals surface area contributed by atoms with E-state index in [-0.39, 0.29) is 29.7 Å². The van der Waals surface area contributed by atoms with E-state index in [9.17, 15) is 14.4 Å². The van der Waals surface area contributed by atoms with Gasteiger partial charge in [-0.2, -0.15) is 0 Å². The second kappa shape index (κ2) is 7.70. The lowest BCUT2D eigenvalue weighted by Gasteiger charge is -2.42. The van der Waals surface area contributed by atoms with Gasteiger partial charge in [0.05, 0.1) is 30.2 Å². The molecule has 7 nitrogen and oxygen atoms in total. The molecule has 4 amide bonds. The van der Waals surface area contributed by atoms with Gasteiger partial charge >= 0.3 is 6.03 Å². The number of nitrogens with one attached hydrogen (secondary N) is 1. The molecule has 1 saturated heterocycles. The average molecular weight is 426 g/mol. The van der Waals surface area contributed by atoms with Crippen molar-refractivity contribution in [2.45, 2.75) is 65.1 Å². The van der Waals surface area contributed by atoms with E-state index in [1.807, 2.05) is 45.0 Å². The first-order valence-electron chi connectivity index (χ1n) is 11.0. The van der Waals surface area contributed by atoms with E-state index in [4.69, 9.17) is 4.74 Å². The molecule has 3 atom stereocenters. The number of ether oxygens (including phenoxy) is 1. The van der Waals surface area contributed by atoms with Crippen molar-refractivity contribution in [1.29, 1.82) is 0 Å². The highest BCUT2D eigenvalue weighted by Crippen LogP contribution is 2.41. The van der Waals surface area contributed by atoms with Crippen LogP contribution < -0.4 is 15.0 Å². The topological polar surface area (TPSA) is 79.0 Å². The second-order valence-corrected chi connectivity index (χ2v) is 9.37. The summed E-state index contributed by atoms with van der Waals surface area (Å²) >= 11 is 0. The van der Waals surface area contributed by atoms with Gasteiger partial charge in [-0.3, -0.25) is 19.4 Å². The van der Waals surface area contributed by atoms with Crippen molar-refractivity contribution in [3.05, 3.63) is 29.8 Å². The number of nitrogens with zero attached hydrogens (tertiary/aromatic N) is 2. The van der Waals surface area contributed by atoms with Crippen molar-refractivity contribution in [3.8, 4) is 5.75 Å². The quantitative estimate of drug-likeness (QED) is 0.745. The first-order valence-corrected chi connectivity index (χ1v) is 11.0. The fraction of sp³-hybridized carbons (Fsp3) is 0.542. The van der Waals surface area contributed by atoms with Crippen molar-refractivity contribution in [2.24, 2.45) is 11.8 Å². The van der Waals surface area contributed by atoms with Gasteiger partial charge in [0, 0.05) is 5.56 Å². The number of carbonyl (C=O) groups excluding carboxylic acids is 3. The molecule has 2 heterocycles. The minimum Gasteiger partial charge on any atom is -0.497 e. The van der Waals surface area contributed by atoms with Crippen molar-refractivity contribution in [1.82, 2.24) is 10.2 Å². The third-order valence-electron chi connectivity index (χ3n) is 6.81. The largest absolute Gasteiger partial charge is 0.497 e. The molecule has 2 aliphatic heterocycles. The van der Waals surface area contributed by atoms with Crippen LogP contribution in [0.1, 0.15) is 58.9 Å². The van der Waals surface area contributed by atoms with Crippen LogP contribution in [0.15, 0.2) is 24.3 Å². The number of anilines is 1. The Morgan fingerprint density at radius 3 is 2.35 bits per heavy atom. The summed E-state index contributed by atoms with van der Waals surface area (Å²) in [4.78, 5) is 42.2. The molecule has 1 aromatic carbocycles. The van der Waals surface area contributed by atoms with Crippen molar-refractivity contribution in [3.63, 3.8) is 0 Å². The van der Waals surface area contributed by atoms with Crippen LogP contribution in [-0.2, 0) is 9.59 Å². The SMILES string of the molecule is COc1ccc2c(c1)C(C)=CC(C)(C)N2C(=O)NC(C)N1C(=O)C2CCCCC2C1=O. The highest BCUT2D eigenvalue weighted by Gasteiger charge is 2.50. The Bertz CT molecular complexity index is 944. The number of fused-ring (bicyclic) bond motifs is 2. The first kappa shape index (κ1) is 21.4. The predicted octanol–water partition coefficient (Wildman–Crippen LogP) is 3.93. The Hall–Kier alpha value is -2.83. The molecule has 1 N–H and O–H groups in total. The minimum atomic E-state index is -0.706. The zero-order valence-electron chi connectivity index (χ0n) is 18.9. The molecule has 0 spiro atoms. The molecular formula is C24H31N3O4. The molecule has 3 unspecified atom stereocenters. The van der Waals surface area contributed by atoms with Gasteiger partial charge in [0.15, 0.2) is 0 Å². The molecule has 7 heteroatoms. The number of imide groups is 1. The lowest BCUT2D eigenvalue weighted by atomic mass is 9.81. The highest BCUT2D eigenvalue weighted by molar-refractivity contribution is 6.06. The summed E-state index contributed by atoms with van der Waals surface area (Å²) in [6.45, 7) is 7.66. The van der Waals surface area contributed by atoms with E-state index in [0.717, 1.165) is 48.3 Å². The van der Waals surface area contributed by atoms with E-state index in [2.05, 4.69) is 5.32 Å². The molecule has 2 fully saturated rings. The number of urea groups is 1. The van der Waals surface area contributed by atoms with Crippen molar-refractivity contribution in [2.75, 3.05) is 12.0 Å². The number of methoxy groups -OCH3 is 1. The van der Waals surface area contributed by atoms with E-state index < -0.39 is 11.7 Å². The number of rotatable bonds is 3. The molecule has 31 heavy (non-hydrogen) atoms. The number of amides is 4. The fourth-order valence-corrected chi connectivity index (χ4v) is 5.38. The molecule has 0 bridgehead atoms. The smallest absolute Gasteiger partial charge is 0.324 e. The maximum Gasteiger partial charge on any atom is 0.324 e. The monoisotopic (exact) mass is 425 g/mol. The van der Waals surface area contributed by atoms with Crippen LogP contribution in [-0.4, -0.2) is 41.6 Å². The van der Waals surface area contributed by atoms with Crippen LogP contribution in [0.2, 0.25) is 0 Å². The molecule has 1 saturated carbocycles. The summed E-state index contributed by atoms with van der Waals surface area (Å²) < 4.78 is 5.35. The summed E-state index contributed by atoms with van der Waals surface area (Å²) in [5.74, 6) is -0.0463. The maximum absolute atomic E-state index is 13.4. The summed E-state index contributed by atoms with van der Waals surface area (Å²) in [7, 11) is 1.61. The Morgan fingerprint density at radius 1 is 1.16 bits per heavy atom. The lowest BCUT2D eigenvalue weighted by molar-refractivity contribution is -0.142. The number of hydrogen-bond donors (Lipinski definition) is 1. The molecule has 166 valence electrons. The standard InChI is InChI=1S/C24H31N3O4/c1-14-13-24(3,4)27(20-11-10-16(31-5)12-19(14)20)23(30)25-15(2)26-21(28)17-8-6-7-9-18(17)22(26)29/h10-13,15,17-18H,6-9H2,1-5H3,(H,25,30). The normalized spacial score (nSPS) is 25.5. The van der Waals surface area contributed by atoms with E-state index in [1.54, 1.807) is 18.9 Å². The zero-order valence-corrected chi connectivity index (χ0v) is 18.9. The summed E-state index contributed by atoms with van der Waals surface area (Å²) in [5, 5.41) is 2.91. The van der Waals surface area contributed by atoms with Crippen LogP contribution in [0.5, 0.6) is 5.75 Å². The van der Waals surface area contributed by atoms with Gasteiger partial charge in [-0.1, -0.05) is 18.9 Å². The molecule has 1 aliphatic carbocycles. The third kappa shape index (κ3) is 3.50. The van der Waals surface area contributed by atoms with Gasteiger partial charge in [-0.15, -0.1) is 0 Å². The number of likely N-dealkylation sites (tertiary alicyclic amines) is 1. The number of allylic oxidation sites excluding steroid dienone is 1. The highest BCUT2D eigenvalue weighted by atomic mass is 16.5. The minimum absolute atomic E-state index is 0.152. The molecule has 3 aliphatic rings. The summed E-state index contributed by atoms with van der Waals surface area (Å²) in [5.41, 5.74) is 2.16. The van der Waals surface area contributed by atoms with Gasteiger partial charge in [-0.25, -0.2) is 4.79 Å². The Labute approximate surface area is 183 Å². The van der Waals surface area contributed by atoms with Crippen LogP contribution in [0, 0.1) is 11.8 Å². The Kier molecular flexibility index (Phi) is 5.31. The van der Waals surface area contributed by atoms with Crippen molar-refractivity contribution < 1.29 is 19.1 Å². The number of carbonyl (C=O) groups is 3. The van der Waals surface area contributed by atoms with E-state index in [1.165, 1.54) is 4.90 Å². The third-order valence-corrected chi connectivity index (χ3v) is 6.81. The molecule has 4 rings (SSSR count). The number of hydrogen-bond acceptors (Lipinski definition) is 4. The Morgan fingerprint density at radius 2 is 1.77 bits per heavy atom. The molecule has 1 aromatic rings. The Balaban J connectivity index is 1.59.